The fourth-order valence-corrected chi connectivity index (χ4v) is 3.03. The number of hydrogen-bond acceptors (Lipinski definition) is 4. The highest BCUT2D eigenvalue weighted by Gasteiger charge is 2.56. The SMILES string of the molecule is C#CCCN1C(=O)[C@H](Oc2ccccc2)[C@@H]1[C@H]1COC(C)(C)O1. The van der Waals surface area contributed by atoms with E-state index in [1.165, 1.54) is 0 Å². The summed E-state index contributed by atoms with van der Waals surface area (Å²) in [6.07, 6.45) is 5.07. The second-order valence-electron chi connectivity index (χ2n) is 6.19. The second kappa shape index (κ2) is 6.23. The molecule has 0 bridgehead atoms. The summed E-state index contributed by atoms with van der Waals surface area (Å²) in [5, 5.41) is 0. The molecule has 3 rings (SSSR count). The fourth-order valence-electron chi connectivity index (χ4n) is 3.03. The Morgan fingerprint density at radius 3 is 2.74 bits per heavy atom. The van der Waals surface area contributed by atoms with Crippen LogP contribution in [0.4, 0.5) is 0 Å². The number of carbonyl (C=O) groups excluding carboxylic acids is 1. The summed E-state index contributed by atoms with van der Waals surface area (Å²) < 4.78 is 17.5. The molecule has 0 spiro atoms. The molecule has 2 heterocycles. The minimum Gasteiger partial charge on any atom is -0.478 e. The Morgan fingerprint density at radius 1 is 1.39 bits per heavy atom. The van der Waals surface area contributed by atoms with Gasteiger partial charge in [0.25, 0.3) is 5.91 Å². The monoisotopic (exact) mass is 315 g/mol. The highest BCUT2D eigenvalue weighted by atomic mass is 16.7. The Balaban J connectivity index is 1.75. The smallest absolute Gasteiger partial charge is 0.266 e. The van der Waals surface area contributed by atoms with Gasteiger partial charge in [0.1, 0.15) is 17.9 Å². The molecule has 3 atom stereocenters. The van der Waals surface area contributed by atoms with Gasteiger partial charge in [0.15, 0.2) is 11.9 Å². The first-order valence-electron chi connectivity index (χ1n) is 7.79. The van der Waals surface area contributed by atoms with E-state index in [2.05, 4.69) is 5.92 Å². The third-order valence-electron chi connectivity index (χ3n) is 4.11. The van der Waals surface area contributed by atoms with Crippen molar-refractivity contribution < 1.29 is 19.0 Å². The van der Waals surface area contributed by atoms with Crippen LogP contribution in [-0.4, -0.2) is 48.0 Å². The lowest BCUT2D eigenvalue weighted by atomic mass is 9.92. The van der Waals surface area contributed by atoms with Crippen molar-refractivity contribution in [2.24, 2.45) is 0 Å². The maximum Gasteiger partial charge on any atom is 0.266 e. The van der Waals surface area contributed by atoms with Gasteiger partial charge in [-0.25, -0.2) is 0 Å². The van der Waals surface area contributed by atoms with Crippen LogP contribution in [0.2, 0.25) is 0 Å². The summed E-state index contributed by atoms with van der Waals surface area (Å²) >= 11 is 0. The number of benzene rings is 1. The molecule has 2 aliphatic rings. The molecule has 122 valence electrons. The van der Waals surface area contributed by atoms with Crippen molar-refractivity contribution in [2.75, 3.05) is 13.2 Å². The second-order valence-corrected chi connectivity index (χ2v) is 6.19. The molecule has 0 saturated carbocycles. The van der Waals surface area contributed by atoms with Crippen molar-refractivity contribution in [1.29, 1.82) is 0 Å². The standard InChI is InChI=1S/C18H21NO4/c1-4-5-11-19-15(14-12-21-18(2,3)23-14)16(17(19)20)22-13-9-7-6-8-10-13/h1,6-10,14-16H,5,11-12H2,2-3H3/t14-,15+,16-/m1/s1. The van der Waals surface area contributed by atoms with Gasteiger partial charge in [0, 0.05) is 13.0 Å². The van der Waals surface area contributed by atoms with Gasteiger partial charge in [-0.15, -0.1) is 12.3 Å². The normalized spacial score (nSPS) is 29.0. The fraction of sp³-hybridized carbons (Fsp3) is 0.500. The molecular weight excluding hydrogens is 294 g/mol. The lowest BCUT2D eigenvalue weighted by molar-refractivity contribution is -0.185. The number of β-lactam (4-membered cyclic amide) rings is 1. The van der Waals surface area contributed by atoms with Crippen LogP contribution in [0.1, 0.15) is 20.3 Å². The molecule has 0 N–H and O–H groups in total. The first kappa shape index (κ1) is 15.9. The first-order chi connectivity index (χ1) is 11.0. The molecule has 2 fully saturated rings. The minimum atomic E-state index is -0.640. The number of hydrogen-bond donors (Lipinski definition) is 0. The zero-order chi connectivity index (χ0) is 16.4. The molecule has 1 aromatic carbocycles. The van der Waals surface area contributed by atoms with Crippen LogP contribution in [0.15, 0.2) is 30.3 Å². The predicted molar refractivity (Wildman–Crippen MR) is 84.7 cm³/mol. The highest BCUT2D eigenvalue weighted by Crippen LogP contribution is 2.34. The average Bonchev–Trinajstić information content (AvgIpc) is 2.89. The van der Waals surface area contributed by atoms with Crippen LogP contribution in [0.3, 0.4) is 0 Å². The lowest BCUT2D eigenvalue weighted by Gasteiger charge is -2.48. The molecule has 1 amide bonds. The molecule has 0 aromatic heterocycles. The van der Waals surface area contributed by atoms with E-state index in [4.69, 9.17) is 20.6 Å². The van der Waals surface area contributed by atoms with Crippen LogP contribution in [-0.2, 0) is 14.3 Å². The van der Waals surface area contributed by atoms with Crippen molar-refractivity contribution in [2.45, 2.75) is 44.3 Å². The predicted octanol–water partition coefficient (Wildman–Crippen LogP) is 1.82. The quantitative estimate of drug-likeness (QED) is 0.614. The molecule has 0 aliphatic carbocycles. The maximum absolute atomic E-state index is 12.4. The van der Waals surface area contributed by atoms with Crippen molar-refractivity contribution in [3.05, 3.63) is 30.3 Å². The molecule has 0 unspecified atom stereocenters. The number of ether oxygens (including phenoxy) is 3. The summed E-state index contributed by atoms with van der Waals surface area (Å²) in [7, 11) is 0. The summed E-state index contributed by atoms with van der Waals surface area (Å²) in [4.78, 5) is 14.2. The Bertz CT molecular complexity index is 607. The Morgan fingerprint density at radius 2 is 2.13 bits per heavy atom. The highest BCUT2D eigenvalue weighted by molar-refractivity contribution is 5.89. The van der Waals surface area contributed by atoms with E-state index in [-0.39, 0.29) is 18.1 Å². The summed E-state index contributed by atoms with van der Waals surface area (Å²) in [6.45, 7) is 4.68. The number of terminal acetylenes is 1. The molecule has 0 radical (unpaired) electrons. The number of para-hydroxylation sites is 1. The molecule has 23 heavy (non-hydrogen) atoms. The van der Waals surface area contributed by atoms with Gasteiger partial charge < -0.3 is 19.1 Å². The van der Waals surface area contributed by atoms with Crippen molar-refractivity contribution in [3.8, 4) is 18.1 Å². The zero-order valence-electron chi connectivity index (χ0n) is 13.4. The van der Waals surface area contributed by atoms with E-state index in [0.29, 0.717) is 25.3 Å². The number of rotatable bonds is 5. The molecule has 2 aliphatic heterocycles. The van der Waals surface area contributed by atoms with E-state index in [1.54, 1.807) is 4.90 Å². The zero-order valence-corrected chi connectivity index (χ0v) is 13.4. The summed E-state index contributed by atoms with van der Waals surface area (Å²) in [5.74, 6) is 2.55. The van der Waals surface area contributed by atoms with Crippen LogP contribution in [0.5, 0.6) is 5.75 Å². The van der Waals surface area contributed by atoms with Gasteiger partial charge in [0.2, 0.25) is 0 Å². The van der Waals surface area contributed by atoms with E-state index < -0.39 is 11.9 Å². The van der Waals surface area contributed by atoms with Gasteiger partial charge >= 0.3 is 0 Å². The Labute approximate surface area is 136 Å². The van der Waals surface area contributed by atoms with Crippen LogP contribution in [0, 0.1) is 12.3 Å². The number of likely N-dealkylation sites (tertiary alicyclic amines) is 1. The van der Waals surface area contributed by atoms with Gasteiger partial charge in [-0.05, 0) is 26.0 Å². The van der Waals surface area contributed by atoms with Gasteiger partial charge in [0.05, 0.1) is 6.61 Å². The maximum atomic E-state index is 12.4. The van der Waals surface area contributed by atoms with Crippen LogP contribution < -0.4 is 4.74 Å². The topological polar surface area (TPSA) is 48.0 Å². The largest absolute Gasteiger partial charge is 0.478 e. The Hall–Kier alpha value is -2.03. The summed E-state index contributed by atoms with van der Waals surface area (Å²) in [6, 6.07) is 9.15. The van der Waals surface area contributed by atoms with Gasteiger partial charge in [-0.3, -0.25) is 4.79 Å². The molecule has 5 heteroatoms. The number of nitrogens with zero attached hydrogens (tertiary/aromatic N) is 1. The molecule has 5 nitrogen and oxygen atoms in total. The number of carbonyl (C=O) groups is 1. The lowest BCUT2D eigenvalue weighted by Crippen LogP contribution is -2.71. The van der Waals surface area contributed by atoms with Crippen LogP contribution in [0.25, 0.3) is 0 Å². The van der Waals surface area contributed by atoms with E-state index >= 15 is 0 Å². The van der Waals surface area contributed by atoms with E-state index in [1.807, 2.05) is 44.2 Å². The van der Waals surface area contributed by atoms with E-state index in [9.17, 15) is 4.79 Å². The van der Waals surface area contributed by atoms with Gasteiger partial charge in [-0.1, -0.05) is 18.2 Å². The minimum absolute atomic E-state index is 0.0533. The van der Waals surface area contributed by atoms with Gasteiger partial charge in [-0.2, -0.15) is 0 Å². The molecule has 1 aromatic rings. The molecule has 2 saturated heterocycles. The third kappa shape index (κ3) is 3.19. The average molecular weight is 315 g/mol. The summed E-state index contributed by atoms with van der Waals surface area (Å²) in [5.41, 5.74) is 0. The van der Waals surface area contributed by atoms with Crippen molar-refractivity contribution >= 4 is 5.91 Å². The van der Waals surface area contributed by atoms with Crippen molar-refractivity contribution in [1.82, 2.24) is 4.90 Å². The first-order valence-corrected chi connectivity index (χ1v) is 7.79. The number of amides is 1. The molecular formula is C18H21NO4. The van der Waals surface area contributed by atoms with Crippen LogP contribution >= 0.6 is 0 Å². The van der Waals surface area contributed by atoms with E-state index in [0.717, 1.165) is 0 Å². The van der Waals surface area contributed by atoms with Crippen molar-refractivity contribution in [3.63, 3.8) is 0 Å². The Kier molecular flexibility index (Phi) is 4.29. The third-order valence-corrected chi connectivity index (χ3v) is 4.11.